The first kappa shape index (κ1) is 12.2. The molecule has 1 aromatic heterocycles. The van der Waals surface area contributed by atoms with E-state index in [2.05, 4.69) is 4.98 Å². The van der Waals surface area contributed by atoms with Crippen molar-refractivity contribution in [2.45, 2.75) is 19.8 Å². The van der Waals surface area contributed by atoms with E-state index in [0.29, 0.717) is 17.1 Å². The van der Waals surface area contributed by atoms with Crippen molar-refractivity contribution in [3.05, 3.63) is 35.9 Å². The van der Waals surface area contributed by atoms with Crippen molar-refractivity contribution in [2.75, 3.05) is 0 Å². The highest BCUT2D eigenvalue weighted by atomic mass is 16.4. The molecular weight excluding hydrogens is 234 g/mol. The maximum atomic E-state index is 10.9. The Bertz CT molecular complexity index is 586. The molecule has 0 saturated carbocycles. The maximum absolute atomic E-state index is 10.9. The third kappa shape index (κ3) is 2.07. The minimum absolute atomic E-state index is 0.128. The third-order valence-electron chi connectivity index (χ3n) is 2.56. The summed E-state index contributed by atoms with van der Waals surface area (Å²) in [5.74, 6) is -0.802. The Morgan fingerprint density at radius 2 is 2.11 bits per heavy atom. The number of hydrogen-bond donors (Lipinski definition) is 2. The van der Waals surface area contributed by atoms with Crippen LogP contribution in [0.15, 0.2) is 28.9 Å². The molecule has 1 aromatic carbocycles. The summed E-state index contributed by atoms with van der Waals surface area (Å²) in [4.78, 5) is 15.1. The number of carboxylic acid groups (broad SMARTS) is 1. The molecule has 0 aliphatic carbocycles. The lowest BCUT2D eigenvalue weighted by molar-refractivity contribution is 0.0694. The van der Waals surface area contributed by atoms with Crippen molar-refractivity contribution in [3.63, 3.8) is 0 Å². The quantitative estimate of drug-likeness (QED) is 0.871. The van der Waals surface area contributed by atoms with Gasteiger partial charge in [0.05, 0.1) is 0 Å². The molecule has 0 atom stereocenters. The van der Waals surface area contributed by atoms with Crippen molar-refractivity contribution in [1.29, 1.82) is 0 Å². The molecule has 2 rings (SSSR count). The molecule has 0 bridgehead atoms. The zero-order chi connectivity index (χ0) is 13.3. The van der Waals surface area contributed by atoms with Gasteiger partial charge in [0.2, 0.25) is 0 Å². The van der Waals surface area contributed by atoms with E-state index in [4.69, 9.17) is 9.52 Å². The average Bonchev–Trinajstić information content (AvgIpc) is 2.78. The van der Waals surface area contributed by atoms with Crippen LogP contribution in [0.1, 0.15) is 36.0 Å². The van der Waals surface area contributed by atoms with Gasteiger partial charge in [-0.05, 0) is 12.1 Å². The van der Waals surface area contributed by atoms with Crippen molar-refractivity contribution in [3.8, 4) is 17.0 Å². The zero-order valence-electron chi connectivity index (χ0n) is 10.0. The Morgan fingerprint density at radius 1 is 1.39 bits per heavy atom. The van der Waals surface area contributed by atoms with Gasteiger partial charge in [-0.2, -0.15) is 0 Å². The third-order valence-corrected chi connectivity index (χ3v) is 2.56. The fourth-order valence-corrected chi connectivity index (χ4v) is 1.60. The van der Waals surface area contributed by atoms with Crippen LogP contribution in [-0.4, -0.2) is 21.2 Å². The standard InChI is InChI=1S/C13H13NO4/c1-7(2)12-14-10(6-18-12)8-4-3-5-9(11(8)15)13(16)17/h3-7,15H,1-2H3,(H,16,17). The number of hydrogen-bond acceptors (Lipinski definition) is 4. The highest BCUT2D eigenvalue weighted by molar-refractivity contribution is 5.93. The van der Waals surface area contributed by atoms with Crippen molar-refractivity contribution < 1.29 is 19.4 Å². The van der Waals surface area contributed by atoms with Crippen LogP contribution < -0.4 is 0 Å². The van der Waals surface area contributed by atoms with Gasteiger partial charge in [0.1, 0.15) is 23.3 Å². The molecule has 0 spiro atoms. The molecule has 0 aliphatic rings. The van der Waals surface area contributed by atoms with E-state index in [1.807, 2.05) is 13.8 Å². The van der Waals surface area contributed by atoms with E-state index >= 15 is 0 Å². The molecule has 0 saturated heterocycles. The zero-order valence-corrected chi connectivity index (χ0v) is 10.0. The lowest BCUT2D eigenvalue weighted by Gasteiger charge is -2.03. The van der Waals surface area contributed by atoms with Gasteiger partial charge in [0, 0.05) is 11.5 Å². The highest BCUT2D eigenvalue weighted by Crippen LogP contribution is 2.32. The molecule has 94 valence electrons. The highest BCUT2D eigenvalue weighted by Gasteiger charge is 2.17. The Kier molecular flexibility index (Phi) is 3.06. The second kappa shape index (κ2) is 4.52. The first-order valence-electron chi connectivity index (χ1n) is 5.51. The monoisotopic (exact) mass is 247 g/mol. The molecular formula is C13H13NO4. The smallest absolute Gasteiger partial charge is 0.339 e. The van der Waals surface area contributed by atoms with Crippen LogP contribution in [0.3, 0.4) is 0 Å². The van der Waals surface area contributed by atoms with E-state index < -0.39 is 5.97 Å². The van der Waals surface area contributed by atoms with Gasteiger partial charge in [0.15, 0.2) is 5.89 Å². The van der Waals surface area contributed by atoms with E-state index in [-0.39, 0.29) is 17.2 Å². The number of para-hydroxylation sites is 1. The summed E-state index contributed by atoms with van der Waals surface area (Å²) in [5, 5.41) is 18.8. The van der Waals surface area contributed by atoms with Gasteiger partial charge in [-0.25, -0.2) is 9.78 Å². The fraction of sp³-hybridized carbons (Fsp3) is 0.231. The molecule has 0 fully saturated rings. The number of aromatic nitrogens is 1. The number of aromatic carboxylic acids is 1. The van der Waals surface area contributed by atoms with Gasteiger partial charge >= 0.3 is 5.97 Å². The normalized spacial score (nSPS) is 10.8. The van der Waals surface area contributed by atoms with Gasteiger partial charge in [0.25, 0.3) is 0 Å². The van der Waals surface area contributed by atoms with E-state index in [1.165, 1.54) is 12.3 Å². The summed E-state index contributed by atoms with van der Waals surface area (Å²) in [6.45, 7) is 3.87. The van der Waals surface area contributed by atoms with E-state index in [1.54, 1.807) is 12.1 Å². The van der Waals surface area contributed by atoms with Crippen LogP contribution in [0.5, 0.6) is 5.75 Å². The SMILES string of the molecule is CC(C)c1nc(-c2cccc(C(=O)O)c2O)co1. The lowest BCUT2D eigenvalue weighted by atomic mass is 10.1. The Labute approximate surface area is 104 Å². The summed E-state index contributed by atoms with van der Waals surface area (Å²) in [6, 6.07) is 4.50. The predicted octanol–water partition coefficient (Wildman–Crippen LogP) is 2.87. The summed E-state index contributed by atoms with van der Waals surface area (Å²) < 4.78 is 5.27. The first-order chi connectivity index (χ1) is 8.50. The van der Waals surface area contributed by atoms with Crippen LogP contribution in [0.4, 0.5) is 0 Å². The van der Waals surface area contributed by atoms with Crippen molar-refractivity contribution >= 4 is 5.97 Å². The van der Waals surface area contributed by atoms with Crippen LogP contribution in [0.25, 0.3) is 11.3 Å². The molecule has 0 unspecified atom stereocenters. The Hall–Kier alpha value is -2.30. The van der Waals surface area contributed by atoms with E-state index in [9.17, 15) is 9.90 Å². The predicted molar refractivity (Wildman–Crippen MR) is 64.7 cm³/mol. The number of carboxylic acids is 1. The molecule has 5 nitrogen and oxygen atoms in total. The number of benzene rings is 1. The summed E-state index contributed by atoms with van der Waals surface area (Å²) in [6.07, 6.45) is 1.41. The Balaban J connectivity index is 2.50. The summed E-state index contributed by atoms with van der Waals surface area (Å²) >= 11 is 0. The lowest BCUT2D eigenvalue weighted by Crippen LogP contribution is -1.97. The molecule has 0 aliphatic heterocycles. The number of phenols is 1. The maximum Gasteiger partial charge on any atom is 0.339 e. The topological polar surface area (TPSA) is 83.6 Å². The molecule has 5 heteroatoms. The van der Waals surface area contributed by atoms with Gasteiger partial charge in [-0.15, -0.1) is 0 Å². The summed E-state index contributed by atoms with van der Waals surface area (Å²) in [7, 11) is 0. The van der Waals surface area contributed by atoms with Crippen LogP contribution in [-0.2, 0) is 0 Å². The van der Waals surface area contributed by atoms with Gasteiger partial charge < -0.3 is 14.6 Å². The molecule has 0 radical (unpaired) electrons. The van der Waals surface area contributed by atoms with Gasteiger partial charge in [-0.1, -0.05) is 19.9 Å². The van der Waals surface area contributed by atoms with Crippen LogP contribution >= 0.6 is 0 Å². The van der Waals surface area contributed by atoms with Crippen molar-refractivity contribution in [2.24, 2.45) is 0 Å². The molecule has 1 heterocycles. The number of nitrogens with zero attached hydrogens (tertiary/aromatic N) is 1. The fourth-order valence-electron chi connectivity index (χ4n) is 1.60. The number of rotatable bonds is 3. The molecule has 18 heavy (non-hydrogen) atoms. The minimum atomic E-state index is -1.18. The minimum Gasteiger partial charge on any atom is -0.506 e. The van der Waals surface area contributed by atoms with Crippen LogP contribution in [0, 0.1) is 0 Å². The van der Waals surface area contributed by atoms with Gasteiger partial charge in [-0.3, -0.25) is 0 Å². The number of carbonyl (C=O) groups is 1. The summed E-state index contributed by atoms with van der Waals surface area (Å²) in [5.41, 5.74) is 0.631. The Morgan fingerprint density at radius 3 is 2.67 bits per heavy atom. The second-order valence-electron chi connectivity index (χ2n) is 4.23. The molecule has 0 amide bonds. The van der Waals surface area contributed by atoms with E-state index in [0.717, 1.165) is 0 Å². The first-order valence-corrected chi connectivity index (χ1v) is 5.51. The molecule has 2 aromatic rings. The number of oxazole rings is 1. The number of aromatic hydroxyl groups is 1. The van der Waals surface area contributed by atoms with Crippen molar-refractivity contribution in [1.82, 2.24) is 4.98 Å². The molecule has 2 N–H and O–H groups in total. The van der Waals surface area contributed by atoms with Crippen LogP contribution in [0.2, 0.25) is 0 Å². The second-order valence-corrected chi connectivity index (χ2v) is 4.23. The largest absolute Gasteiger partial charge is 0.506 e. The average molecular weight is 247 g/mol.